The Hall–Kier alpha value is -2.58. The summed E-state index contributed by atoms with van der Waals surface area (Å²) in [5, 5.41) is 14.2. The molecule has 0 bridgehead atoms. The van der Waals surface area contributed by atoms with Crippen LogP contribution < -0.4 is 5.32 Å². The smallest absolute Gasteiger partial charge is 0.338 e. The van der Waals surface area contributed by atoms with E-state index in [-0.39, 0.29) is 17.8 Å². The maximum atomic E-state index is 12.0. The molecule has 2 aromatic carbocycles. The number of nitrogens with zero attached hydrogens (tertiary/aromatic N) is 1. The van der Waals surface area contributed by atoms with Gasteiger partial charge in [0.15, 0.2) is 6.61 Å². The second-order valence-corrected chi connectivity index (χ2v) is 6.41. The third-order valence-electron chi connectivity index (χ3n) is 3.32. The summed E-state index contributed by atoms with van der Waals surface area (Å²) in [6.45, 7) is -0.248. The van der Waals surface area contributed by atoms with E-state index in [0.717, 1.165) is 11.6 Å². The van der Waals surface area contributed by atoms with Gasteiger partial charge in [-0.2, -0.15) is 0 Å². The van der Waals surface area contributed by atoms with E-state index in [1.54, 1.807) is 30.5 Å². The first-order valence-corrected chi connectivity index (χ1v) is 9.01. The van der Waals surface area contributed by atoms with Gasteiger partial charge in [-0.15, -0.1) is 11.8 Å². The zero-order valence-electron chi connectivity index (χ0n) is 13.7. The number of rotatable bonds is 7. The second-order valence-electron chi connectivity index (χ2n) is 5.13. The van der Waals surface area contributed by atoms with Crippen molar-refractivity contribution in [1.29, 1.82) is 0 Å². The molecule has 26 heavy (non-hydrogen) atoms. The molecule has 0 radical (unpaired) electrons. The van der Waals surface area contributed by atoms with Crippen LogP contribution in [0.2, 0.25) is 5.02 Å². The van der Waals surface area contributed by atoms with Crippen LogP contribution in [0.4, 0.5) is 5.69 Å². The summed E-state index contributed by atoms with van der Waals surface area (Å²) < 4.78 is 4.90. The number of halogens is 1. The van der Waals surface area contributed by atoms with Gasteiger partial charge in [-0.1, -0.05) is 23.7 Å². The van der Waals surface area contributed by atoms with Crippen LogP contribution in [0.25, 0.3) is 0 Å². The number of nitrogens with one attached hydrogen (secondary N) is 1. The van der Waals surface area contributed by atoms with Crippen molar-refractivity contribution in [3.8, 4) is 0 Å². The van der Waals surface area contributed by atoms with Crippen LogP contribution in [0.3, 0.4) is 0 Å². The minimum absolute atomic E-state index is 0.0112. The number of carbonyl (C=O) groups excluding carboxylic acids is 2. The van der Waals surface area contributed by atoms with E-state index in [0.29, 0.717) is 9.92 Å². The fraction of sp³-hybridized carbons (Fsp3) is 0.176. The highest BCUT2D eigenvalue weighted by Crippen LogP contribution is 2.28. The number of nitro benzene ring substituents is 1. The van der Waals surface area contributed by atoms with Gasteiger partial charge in [0.1, 0.15) is 0 Å². The minimum atomic E-state index is -0.807. The predicted octanol–water partition coefficient (Wildman–Crippen LogP) is 3.44. The fourth-order valence-corrected chi connectivity index (χ4v) is 2.83. The zero-order valence-corrected chi connectivity index (χ0v) is 15.3. The van der Waals surface area contributed by atoms with Gasteiger partial charge in [0, 0.05) is 17.6 Å². The van der Waals surface area contributed by atoms with E-state index in [9.17, 15) is 19.7 Å². The topological polar surface area (TPSA) is 98.5 Å². The Bertz CT molecular complexity index is 844. The van der Waals surface area contributed by atoms with Crippen LogP contribution in [0.5, 0.6) is 0 Å². The van der Waals surface area contributed by atoms with E-state index in [2.05, 4.69) is 5.32 Å². The number of amides is 1. The number of hydrogen-bond acceptors (Lipinski definition) is 6. The molecule has 9 heteroatoms. The Balaban J connectivity index is 1.90. The van der Waals surface area contributed by atoms with Crippen molar-refractivity contribution < 1.29 is 19.2 Å². The van der Waals surface area contributed by atoms with E-state index in [1.807, 2.05) is 0 Å². The van der Waals surface area contributed by atoms with E-state index >= 15 is 0 Å². The Morgan fingerprint density at radius 3 is 2.69 bits per heavy atom. The number of carbonyl (C=O) groups is 2. The summed E-state index contributed by atoms with van der Waals surface area (Å²) in [5.41, 5.74) is 0.634. The molecule has 7 nitrogen and oxygen atoms in total. The normalized spacial score (nSPS) is 10.2. The first-order chi connectivity index (χ1) is 12.4. The second kappa shape index (κ2) is 9.21. The molecule has 0 atom stereocenters. The first-order valence-electron chi connectivity index (χ1n) is 7.41. The lowest BCUT2D eigenvalue weighted by Gasteiger charge is -2.07. The molecule has 0 unspecified atom stereocenters. The molecule has 0 aliphatic heterocycles. The van der Waals surface area contributed by atoms with Crippen molar-refractivity contribution in [2.75, 3.05) is 12.9 Å². The third kappa shape index (κ3) is 5.47. The maximum absolute atomic E-state index is 12.0. The molecule has 136 valence electrons. The minimum Gasteiger partial charge on any atom is -0.452 e. The highest BCUT2D eigenvalue weighted by molar-refractivity contribution is 7.98. The largest absolute Gasteiger partial charge is 0.452 e. The van der Waals surface area contributed by atoms with Crippen molar-refractivity contribution in [2.45, 2.75) is 11.4 Å². The highest BCUT2D eigenvalue weighted by Gasteiger charge is 2.18. The third-order valence-corrected chi connectivity index (χ3v) is 4.34. The first kappa shape index (κ1) is 19.7. The molecular weight excluding hydrogens is 380 g/mol. The van der Waals surface area contributed by atoms with Crippen molar-refractivity contribution in [3.63, 3.8) is 0 Å². The van der Waals surface area contributed by atoms with E-state index in [4.69, 9.17) is 16.3 Å². The summed E-state index contributed by atoms with van der Waals surface area (Å²) in [5.74, 6) is -1.30. The van der Waals surface area contributed by atoms with Crippen molar-refractivity contribution in [3.05, 3.63) is 68.7 Å². The summed E-state index contributed by atoms with van der Waals surface area (Å²) in [7, 11) is 0. The number of hydrogen-bond donors (Lipinski definition) is 1. The Morgan fingerprint density at radius 2 is 2.04 bits per heavy atom. The standard InChI is InChI=1S/C17H15ClN2O5S/c1-26-15-6-5-12(8-14(15)20(23)24)17(22)25-10-16(21)19-9-11-3-2-4-13(18)7-11/h2-8H,9-10H2,1H3,(H,19,21). The maximum Gasteiger partial charge on any atom is 0.338 e. The lowest BCUT2D eigenvalue weighted by Crippen LogP contribution is -2.28. The number of nitro groups is 1. The average molecular weight is 395 g/mol. The molecule has 0 aliphatic rings. The molecule has 2 rings (SSSR count). The molecule has 0 fully saturated rings. The predicted molar refractivity (Wildman–Crippen MR) is 98.5 cm³/mol. The van der Waals surface area contributed by atoms with Crippen LogP contribution >= 0.6 is 23.4 Å². The molecule has 0 aromatic heterocycles. The van der Waals surface area contributed by atoms with Gasteiger partial charge in [-0.25, -0.2) is 4.79 Å². The van der Waals surface area contributed by atoms with Gasteiger partial charge in [0.05, 0.1) is 15.4 Å². The molecule has 0 heterocycles. The van der Waals surface area contributed by atoms with Gasteiger partial charge in [-0.05, 0) is 36.1 Å². The zero-order chi connectivity index (χ0) is 19.1. The molecule has 0 saturated carbocycles. The van der Waals surface area contributed by atoms with Crippen molar-refractivity contribution >= 4 is 40.9 Å². The number of thioether (sulfide) groups is 1. The quantitative estimate of drug-likeness (QED) is 0.334. The molecule has 0 saturated heterocycles. The van der Waals surface area contributed by atoms with Crippen molar-refractivity contribution in [1.82, 2.24) is 5.32 Å². The Kier molecular flexibility index (Phi) is 6.99. The average Bonchev–Trinajstić information content (AvgIpc) is 2.63. The van der Waals surface area contributed by atoms with Crippen LogP contribution in [-0.2, 0) is 16.1 Å². The van der Waals surface area contributed by atoms with Gasteiger partial charge in [-0.3, -0.25) is 14.9 Å². The molecule has 0 aliphatic carbocycles. The van der Waals surface area contributed by atoms with Crippen LogP contribution in [-0.4, -0.2) is 29.7 Å². The summed E-state index contributed by atoms with van der Waals surface area (Å²) >= 11 is 7.06. The summed E-state index contributed by atoms with van der Waals surface area (Å²) in [6, 6.07) is 11.0. The lowest BCUT2D eigenvalue weighted by molar-refractivity contribution is -0.387. The SMILES string of the molecule is CSc1ccc(C(=O)OCC(=O)NCc2cccc(Cl)c2)cc1[N+](=O)[O-]. The number of ether oxygens (including phenoxy) is 1. The van der Waals surface area contributed by atoms with Crippen LogP contribution in [0.15, 0.2) is 47.4 Å². The van der Waals surface area contributed by atoms with E-state index < -0.39 is 23.4 Å². The Labute approximate surface area is 158 Å². The van der Waals surface area contributed by atoms with Gasteiger partial charge in [0.25, 0.3) is 11.6 Å². The molecular formula is C17H15ClN2O5S. The highest BCUT2D eigenvalue weighted by atomic mass is 35.5. The Morgan fingerprint density at radius 1 is 1.27 bits per heavy atom. The van der Waals surface area contributed by atoms with Crippen LogP contribution in [0, 0.1) is 10.1 Å². The summed E-state index contributed by atoms with van der Waals surface area (Å²) in [4.78, 5) is 34.7. The molecule has 2 aromatic rings. The van der Waals surface area contributed by atoms with Gasteiger partial charge >= 0.3 is 5.97 Å². The lowest BCUT2D eigenvalue weighted by atomic mass is 10.2. The van der Waals surface area contributed by atoms with Crippen molar-refractivity contribution in [2.24, 2.45) is 0 Å². The van der Waals surface area contributed by atoms with Gasteiger partial charge in [0.2, 0.25) is 0 Å². The number of benzene rings is 2. The van der Waals surface area contributed by atoms with E-state index in [1.165, 1.54) is 23.9 Å². The van der Waals surface area contributed by atoms with Crippen LogP contribution in [0.1, 0.15) is 15.9 Å². The molecule has 0 spiro atoms. The molecule has 1 N–H and O–H groups in total. The molecule has 1 amide bonds. The summed E-state index contributed by atoms with van der Waals surface area (Å²) in [6.07, 6.45) is 1.70. The fourth-order valence-electron chi connectivity index (χ4n) is 2.07. The number of esters is 1. The monoisotopic (exact) mass is 394 g/mol. The van der Waals surface area contributed by atoms with Gasteiger partial charge < -0.3 is 10.1 Å².